The van der Waals surface area contributed by atoms with Gasteiger partial charge in [-0.25, -0.2) is 4.98 Å². The summed E-state index contributed by atoms with van der Waals surface area (Å²) in [6.45, 7) is 4.77. The largest absolute Gasteiger partial charge is 0.416 e. The van der Waals surface area contributed by atoms with E-state index in [2.05, 4.69) is 4.98 Å². The second-order valence-electron chi connectivity index (χ2n) is 9.92. The summed E-state index contributed by atoms with van der Waals surface area (Å²) in [5.41, 5.74) is -3.81. The van der Waals surface area contributed by atoms with Crippen molar-refractivity contribution in [1.29, 1.82) is 0 Å². The van der Waals surface area contributed by atoms with Gasteiger partial charge in [-0.2, -0.15) is 26.3 Å². The van der Waals surface area contributed by atoms with Crippen LogP contribution in [0.1, 0.15) is 30.5 Å². The molecule has 4 rings (SSSR count). The number of hydrogen-bond donors (Lipinski definition) is 0. The van der Waals surface area contributed by atoms with Crippen LogP contribution in [0.25, 0.3) is 11.1 Å². The Labute approximate surface area is 244 Å². The molecule has 3 aromatic rings. The number of aromatic nitrogens is 1. The Bertz CT molecular complexity index is 1370. The molecule has 0 radical (unpaired) electrons. The topological polar surface area (TPSA) is 45.7 Å². The molecule has 0 N–H and O–H groups in total. The van der Waals surface area contributed by atoms with E-state index in [1.165, 1.54) is 32.0 Å². The van der Waals surface area contributed by atoms with Crippen molar-refractivity contribution in [2.75, 3.05) is 43.2 Å². The summed E-state index contributed by atoms with van der Waals surface area (Å²) in [4.78, 5) is 21.5. The summed E-state index contributed by atoms with van der Waals surface area (Å²) in [7, 11) is 1.40. The monoisotopic (exact) mass is 621 g/mol. The van der Waals surface area contributed by atoms with Gasteiger partial charge in [-0.05, 0) is 49.7 Å². The quantitative estimate of drug-likeness (QED) is 0.275. The molecule has 2 aromatic carbocycles. The third-order valence-corrected chi connectivity index (χ3v) is 7.21. The lowest BCUT2D eigenvalue weighted by Gasteiger charge is -2.33. The average molecular weight is 622 g/mol. The van der Waals surface area contributed by atoms with E-state index in [1.54, 1.807) is 30.3 Å². The number of anilines is 2. The predicted octanol–water partition coefficient (Wildman–Crippen LogP) is 7.64. The maximum absolute atomic E-state index is 13.8. The molecule has 1 amide bonds. The molecule has 0 unspecified atom stereocenters. The molecule has 5 nitrogen and oxygen atoms in total. The SMILES string of the molecule is CN(C(=O)C(C)(C)c1cc(C(F)(F)F)cc(C(F)(F)F)c1)c1cnc(N2CCOCC2)cc1-c1ccccc1Cl.Cl. The number of carbonyl (C=O) groups excluding carboxylic acids is 1. The van der Waals surface area contributed by atoms with Crippen molar-refractivity contribution in [3.8, 4) is 11.1 Å². The number of alkyl halides is 6. The molecule has 0 saturated carbocycles. The van der Waals surface area contributed by atoms with Gasteiger partial charge in [-0.1, -0.05) is 29.8 Å². The highest BCUT2D eigenvalue weighted by Gasteiger charge is 2.41. The summed E-state index contributed by atoms with van der Waals surface area (Å²) in [5.74, 6) is -0.135. The van der Waals surface area contributed by atoms with Gasteiger partial charge >= 0.3 is 12.4 Å². The third-order valence-electron chi connectivity index (χ3n) is 6.88. The van der Waals surface area contributed by atoms with E-state index in [9.17, 15) is 31.1 Å². The summed E-state index contributed by atoms with van der Waals surface area (Å²) >= 11 is 6.49. The summed E-state index contributed by atoms with van der Waals surface area (Å²) in [6, 6.07) is 9.86. The van der Waals surface area contributed by atoms with Crippen LogP contribution in [-0.4, -0.2) is 44.2 Å². The molecule has 1 aliphatic rings. The van der Waals surface area contributed by atoms with Gasteiger partial charge in [-0.3, -0.25) is 4.79 Å². The van der Waals surface area contributed by atoms with Gasteiger partial charge in [0.1, 0.15) is 5.82 Å². The number of amides is 1. The number of nitrogens with zero attached hydrogens (tertiary/aromatic N) is 3. The Morgan fingerprint density at radius 1 is 0.902 bits per heavy atom. The van der Waals surface area contributed by atoms with Crippen LogP contribution in [0, 0.1) is 0 Å². The van der Waals surface area contributed by atoms with Crippen molar-refractivity contribution in [3.63, 3.8) is 0 Å². The number of benzene rings is 2. The highest BCUT2D eigenvalue weighted by atomic mass is 35.5. The first kappa shape index (κ1) is 32.5. The van der Waals surface area contributed by atoms with Gasteiger partial charge in [0, 0.05) is 36.3 Å². The molecule has 1 aromatic heterocycles. The molecule has 0 atom stereocenters. The van der Waals surface area contributed by atoms with Crippen LogP contribution in [0.2, 0.25) is 5.02 Å². The van der Waals surface area contributed by atoms with E-state index >= 15 is 0 Å². The number of ether oxygens (including phenoxy) is 1. The Balaban J connectivity index is 0.00000462. The number of likely N-dealkylation sites (N-methyl/N-ethyl adjacent to an activating group) is 1. The van der Waals surface area contributed by atoms with Crippen LogP contribution in [0.5, 0.6) is 0 Å². The number of hydrogen-bond acceptors (Lipinski definition) is 4. The fourth-order valence-corrected chi connectivity index (χ4v) is 4.77. The Kier molecular flexibility index (Phi) is 9.57. The van der Waals surface area contributed by atoms with E-state index in [4.69, 9.17) is 16.3 Å². The molecule has 1 aliphatic heterocycles. The molecule has 1 fully saturated rings. The number of halogens is 8. The molecule has 13 heteroatoms. The van der Waals surface area contributed by atoms with Crippen LogP contribution in [0.15, 0.2) is 54.7 Å². The molecular formula is C28H27Cl2F6N3O2. The van der Waals surface area contributed by atoms with Crippen LogP contribution in [0.4, 0.5) is 37.8 Å². The first-order chi connectivity index (χ1) is 18.6. The van der Waals surface area contributed by atoms with Crippen molar-refractivity contribution in [1.82, 2.24) is 4.98 Å². The molecule has 0 bridgehead atoms. The van der Waals surface area contributed by atoms with Crippen molar-refractivity contribution in [2.24, 2.45) is 0 Å². The molecule has 0 aliphatic carbocycles. The molecule has 1 saturated heterocycles. The zero-order valence-electron chi connectivity index (χ0n) is 22.2. The van der Waals surface area contributed by atoms with Crippen LogP contribution in [-0.2, 0) is 27.3 Å². The lowest BCUT2D eigenvalue weighted by molar-refractivity contribution is -0.143. The molecule has 2 heterocycles. The summed E-state index contributed by atoms with van der Waals surface area (Å²) in [5, 5.41) is 0.385. The normalized spacial score (nSPS) is 14.4. The molecule has 222 valence electrons. The maximum Gasteiger partial charge on any atom is 0.416 e. The van der Waals surface area contributed by atoms with Crippen molar-refractivity contribution < 1.29 is 35.9 Å². The smallest absolute Gasteiger partial charge is 0.378 e. The minimum absolute atomic E-state index is 0. The molecule has 0 spiro atoms. The van der Waals surface area contributed by atoms with E-state index in [0.717, 1.165) is 0 Å². The second kappa shape index (κ2) is 12.1. The average Bonchev–Trinajstić information content (AvgIpc) is 2.91. The van der Waals surface area contributed by atoms with Crippen molar-refractivity contribution >= 4 is 41.4 Å². The number of morpholine rings is 1. The minimum atomic E-state index is -5.04. The summed E-state index contributed by atoms with van der Waals surface area (Å²) in [6.07, 6.45) is -8.64. The number of rotatable bonds is 5. The Hall–Kier alpha value is -3.02. The van der Waals surface area contributed by atoms with Crippen molar-refractivity contribution in [2.45, 2.75) is 31.6 Å². The Morgan fingerprint density at radius 2 is 1.44 bits per heavy atom. The lowest BCUT2D eigenvalue weighted by atomic mass is 9.81. The lowest BCUT2D eigenvalue weighted by Crippen LogP contribution is -2.42. The standard InChI is InChI=1S/C28H26ClF6N3O2.ClH/c1-26(2,17-12-18(27(30,31)32)14-19(13-17)28(33,34)35)25(39)37(3)23-16-36-24(38-8-10-40-11-9-38)15-21(23)20-6-4-5-7-22(20)29;/h4-7,12-16H,8-11H2,1-3H3;1H. The molecular weight excluding hydrogens is 595 g/mol. The van der Waals surface area contributed by atoms with E-state index in [1.807, 2.05) is 4.90 Å². The zero-order valence-corrected chi connectivity index (χ0v) is 23.8. The fraction of sp³-hybridized carbons (Fsp3) is 0.357. The fourth-order valence-electron chi connectivity index (χ4n) is 4.53. The van der Waals surface area contributed by atoms with E-state index in [0.29, 0.717) is 60.4 Å². The van der Waals surface area contributed by atoms with Gasteiger partial charge < -0.3 is 14.5 Å². The van der Waals surface area contributed by atoms with E-state index in [-0.39, 0.29) is 24.2 Å². The number of carbonyl (C=O) groups is 1. The first-order valence-corrected chi connectivity index (χ1v) is 12.6. The Morgan fingerprint density at radius 3 is 1.98 bits per heavy atom. The second-order valence-corrected chi connectivity index (χ2v) is 10.3. The van der Waals surface area contributed by atoms with Crippen LogP contribution in [0.3, 0.4) is 0 Å². The highest BCUT2D eigenvalue weighted by Crippen LogP contribution is 2.41. The first-order valence-electron chi connectivity index (χ1n) is 12.3. The van der Waals surface area contributed by atoms with Crippen LogP contribution >= 0.6 is 24.0 Å². The molecule has 41 heavy (non-hydrogen) atoms. The highest BCUT2D eigenvalue weighted by molar-refractivity contribution is 6.33. The zero-order chi connectivity index (χ0) is 29.5. The van der Waals surface area contributed by atoms with Gasteiger partial charge in [0.25, 0.3) is 0 Å². The van der Waals surface area contributed by atoms with E-state index < -0.39 is 40.4 Å². The van der Waals surface area contributed by atoms with Gasteiger partial charge in [0.15, 0.2) is 0 Å². The maximum atomic E-state index is 13.8. The third kappa shape index (κ3) is 6.90. The van der Waals surface area contributed by atoms with Gasteiger partial charge in [0.05, 0.1) is 41.6 Å². The predicted molar refractivity (Wildman–Crippen MR) is 148 cm³/mol. The summed E-state index contributed by atoms with van der Waals surface area (Å²) < 4.78 is 86.5. The number of pyridine rings is 1. The van der Waals surface area contributed by atoms with Gasteiger partial charge in [0.2, 0.25) is 5.91 Å². The minimum Gasteiger partial charge on any atom is -0.378 e. The van der Waals surface area contributed by atoms with Gasteiger partial charge in [-0.15, -0.1) is 12.4 Å². The van der Waals surface area contributed by atoms with Crippen LogP contribution < -0.4 is 9.80 Å². The van der Waals surface area contributed by atoms with Crippen molar-refractivity contribution in [3.05, 3.63) is 76.4 Å².